The van der Waals surface area contributed by atoms with Crippen molar-refractivity contribution in [2.75, 3.05) is 26.7 Å². The highest BCUT2D eigenvalue weighted by Crippen LogP contribution is 2.38. The fourth-order valence-corrected chi connectivity index (χ4v) is 3.75. The Morgan fingerprint density at radius 3 is 2.57 bits per heavy atom. The van der Waals surface area contributed by atoms with Gasteiger partial charge in [0.05, 0.1) is 12.2 Å². The molecule has 2 aliphatic heterocycles. The molecule has 1 unspecified atom stereocenters. The summed E-state index contributed by atoms with van der Waals surface area (Å²) in [5.41, 5.74) is 1.08. The second kappa shape index (κ2) is 5.74. The molecule has 6 nitrogen and oxygen atoms in total. The Kier molecular flexibility index (Phi) is 3.71. The first kappa shape index (κ1) is 14.9. The van der Waals surface area contributed by atoms with Gasteiger partial charge in [0.25, 0.3) is 5.56 Å². The summed E-state index contributed by atoms with van der Waals surface area (Å²) in [6.45, 7) is 3.68. The SMILES string of the molecule is CN1C(=O)CCC1CN1CC(Cn2nc(C3CC3)ccc2=O)C1. The van der Waals surface area contributed by atoms with Gasteiger partial charge in [-0.2, -0.15) is 5.10 Å². The number of amides is 1. The Morgan fingerprint density at radius 2 is 1.91 bits per heavy atom. The number of carbonyl (C=O) groups is 1. The van der Waals surface area contributed by atoms with Crippen LogP contribution in [0.5, 0.6) is 0 Å². The molecule has 4 rings (SSSR count). The van der Waals surface area contributed by atoms with Crippen molar-refractivity contribution in [1.29, 1.82) is 0 Å². The van der Waals surface area contributed by atoms with Crippen molar-refractivity contribution in [3.05, 3.63) is 28.2 Å². The van der Waals surface area contributed by atoms with Crippen LogP contribution < -0.4 is 5.56 Å². The molecule has 1 aliphatic carbocycles. The molecule has 23 heavy (non-hydrogen) atoms. The standard InChI is InChI=1S/C17H24N4O2/c1-19-14(4-6-16(19)22)11-20-8-12(9-20)10-21-17(23)7-5-15(18-21)13-2-3-13/h5,7,12-14H,2-4,6,8-11H2,1H3. The minimum atomic E-state index is 0.00831. The lowest BCUT2D eigenvalue weighted by Gasteiger charge is -2.41. The first-order chi connectivity index (χ1) is 11.1. The van der Waals surface area contributed by atoms with E-state index < -0.39 is 0 Å². The van der Waals surface area contributed by atoms with Crippen LogP contribution in [0.4, 0.5) is 0 Å². The molecule has 0 N–H and O–H groups in total. The Balaban J connectivity index is 1.30. The summed E-state index contributed by atoms with van der Waals surface area (Å²) in [6.07, 6.45) is 4.07. The van der Waals surface area contributed by atoms with Gasteiger partial charge in [-0.1, -0.05) is 0 Å². The van der Waals surface area contributed by atoms with E-state index in [0.717, 1.165) is 38.3 Å². The zero-order valence-electron chi connectivity index (χ0n) is 13.6. The van der Waals surface area contributed by atoms with Crippen LogP contribution in [0.2, 0.25) is 0 Å². The number of likely N-dealkylation sites (tertiary alicyclic amines) is 2. The molecule has 3 fully saturated rings. The maximum absolute atomic E-state index is 12.0. The van der Waals surface area contributed by atoms with E-state index in [-0.39, 0.29) is 11.5 Å². The molecule has 3 aliphatic rings. The van der Waals surface area contributed by atoms with Crippen LogP contribution in [0, 0.1) is 5.92 Å². The van der Waals surface area contributed by atoms with Gasteiger partial charge in [-0.3, -0.25) is 9.59 Å². The number of likely N-dealkylation sites (N-methyl/N-ethyl adjacent to an activating group) is 1. The molecule has 2 saturated heterocycles. The smallest absolute Gasteiger partial charge is 0.266 e. The van der Waals surface area contributed by atoms with Crippen molar-refractivity contribution in [2.24, 2.45) is 5.92 Å². The van der Waals surface area contributed by atoms with Crippen LogP contribution in [0.1, 0.15) is 37.3 Å². The molecule has 1 aromatic heterocycles. The molecule has 6 heteroatoms. The lowest BCUT2D eigenvalue weighted by Crippen LogP contribution is -2.53. The average molecular weight is 316 g/mol. The number of hydrogen-bond donors (Lipinski definition) is 0. The highest BCUT2D eigenvalue weighted by atomic mass is 16.2. The predicted octanol–water partition coefficient (Wildman–Crippen LogP) is 0.673. The molecular weight excluding hydrogens is 292 g/mol. The van der Waals surface area contributed by atoms with E-state index in [4.69, 9.17) is 0 Å². The highest BCUT2D eigenvalue weighted by molar-refractivity contribution is 5.78. The van der Waals surface area contributed by atoms with Gasteiger partial charge in [-0.05, 0) is 25.3 Å². The number of hydrogen-bond acceptors (Lipinski definition) is 4. The van der Waals surface area contributed by atoms with Gasteiger partial charge in [-0.25, -0.2) is 4.68 Å². The summed E-state index contributed by atoms with van der Waals surface area (Å²) < 4.78 is 1.65. The fraction of sp³-hybridized carbons (Fsp3) is 0.706. The molecular formula is C17H24N4O2. The molecule has 124 valence electrons. The topological polar surface area (TPSA) is 58.4 Å². The summed E-state index contributed by atoms with van der Waals surface area (Å²) in [4.78, 5) is 27.8. The van der Waals surface area contributed by atoms with E-state index in [1.807, 2.05) is 18.0 Å². The van der Waals surface area contributed by atoms with Crippen molar-refractivity contribution < 1.29 is 4.79 Å². The third-order valence-electron chi connectivity index (χ3n) is 5.45. The van der Waals surface area contributed by atoms with Crippen molar-refractivity contribution in [2.45, 2.75) is 44.2 Å². The van der Waals surface area contributed by atoms with Gasteiger partial charge in [-0.15, -0.1) is 0 Å². The van der Waals surface area contributed by atoms with Crippen LogP contribution in [-0.2, 0) is 11.3 Å². The van der Waals surface area contributed by atoms with Crippen molar-refractivity contribution in [1.82, 2.24) is 19.6 Å². The molecule has 3 heterocycles. The lowest BCUT2D eigenvalue weighted by molar-refractivity contribution is -0.128. The maximum Gasteiger partial charge on any atom is 0.266 e. The molecule has 0 radical (unpaired) electrons. The molecule has 0 bridgehead atoms. The minimum Gasteiger partial charge on any atom is -0.341 e. The third kappa shape index (κ3) is 3.04. The van der Waals surface area contributed by atoms with Crippen molar-refractivity contribution >= 4 is 5.91 Å². The maximum atomic E-state index is 12.0. The number of rotatable bonds is 5. The molecule has 1 amide bonds. The normalized spacial score (nSPS) is 25.9. The second-order valence-corrected chi connectivity index (χ2v) is 7.33. The summed E-state index contributed by atoms with van der Waals surface area (Å²) in [5.74, 6) is 1.34. The van der Waals surface area contributed by atoms with Gasteiger partial charge >= 0.3 is 0 Å². The first-order valence-electron chi connectivity index (χ1n) is 8.66. The number of carbonyl (C=O) groups excluding carboxylic acids is 1. The molecule has 1 atom stereocenters. The highest BCUT2D eigenvalue weighted by Gasteiger charge is 2.34. The van der Waals surface area contributed by atoms with Crippen LogP contribution in [-0.4, -0.2) is 58.2 Å². The van der Waals surface area contributed by atoms with E-state index in [2.05, 4.69) is 10.00 Å². The molecule has 1 aromatic rings. The Hall–Kier alpha value is -1.69. The van der Waals surface area contributed by atoms with Gasteiger partial charge in [0, 0.05) is 57.0 Å². The zero-order valence-corrected chi connectivity index (χ0v) is 13.6. The average Bonchev–Trinajstić information content (AvgIpc) is 3.29. The summed E-state index contributed by atoms with van der Waals surface area (Å²) >= 11 is 0. The second-order valence-electron chi connectivity index (χ2n) is 7.33. The Bertz CT molecular complexity index is 661. The number of aromatic nitrogens is 2. The molecule has 0 aromatic carbocycles. The van der Waals surface area contributed by atoms with Crippen LogP contribution in [0.15, 0.2) is 16.9 Å². The number of nitrogens with zero attached hydrogens (tertiary/aromatic N) is 4. The van der Waals surface area contributed by atoms with E-state index in [1.165, 1.54) is 12.8 Å². The van der Waals surface area contributed by atoms with Crippen molar-refractivity contribution in [3.8, 4) is 0 Å². The first-order valence-corrected chi connectivity index (χ1v) is 8.66. The van der Waals surface area contributed by atoms with Gasteiger partial charge < -0.3 is 9.80 Å². The predicted molar refractivity (Wildman–Crippen MR) is 86.2 cm³/mol. The Morgan fingerprint density at radius 1 is 1.13 bits per heavy atom. The van der Waals surface area contributed by atoms with E-state index in [9.17, 15) is 9.59 Å². The third-order valence-corrected chi connectivity index (χ3v) is 5.45. The largest absolute Gasteiger partial charge is 0.341 e. The van der Waals surface area contributed by atoms with Crippen LogP contribution >= 0.6 is 0 Å². The zero-order chi connectivity index (χ0) is 16.0. The van der Waals surface area contributed by atoms with Crippen LogP contribution in [0.25, 0.3) is 0 Å². The Labute approximate surface area is 136 Å². The van der Waals surface area contributed by atoms with E-state index >= 15 is 0 Å². The molecule has 0 spiro atoms. The minimum absolute atomic E-state index is 0.00831. The van der Waals surface area contributed by atoms with Crippen molar-refractivity contribution in [3.63, 3.8) is 0 Å². The molecule has 1 saturated carbocycles. The monoisotopic (exact) mass is 316 g/mol. The van der Waals surface area contributed by atoms with Gasteiger partial charge in [0.2, 0.25) is 5.91 Å². The summed E-state index contributed by atoms with van der Waals surface area (Å²) in [7, 11) is 1.91. The van der Waals surface area contributed by atoms with Gasteiger partial charge in [0.15, 0.2) is 0 Å². The van der Waals surface area contributed by atoms with E-state index in [1.54, 1.807) is 10.7 Å². The fourth-order valence-electron chi connectivity index (χ4n) is 3.75. The van der Waals surface area contributed by atoms with Crippen LogP contribution in [0.3, 0.4) is 0 Å². The summed E-state index contributed by atoms with van der Waals surface area (Å²) in [5, 5.41) is 4.54. The lowest BCUT2D eigenvalue weighted by atomic mass is 9.99. The quantitative estimate of drug-likeness (QED) is 0.801. The van der Waals surface area contributed by atoms with E-state index in [0.29, 0.717) is 24.3 Å². The summed E-state index contributed by atoms with van der Waals surface area (Å²) in [6, 6.07) is 3.91. The van der Waals surface area contributed by atoms with Gasteiger partial charge in [0.1, 0.15) is 0 Å².